The second-order valence-corrected chi connectivity index (χ2v) is 6.89. The molecule has 0 spiro atoms. The fourth-order valence-electron chi connectivity index (χ4n) is 3.33. The Kier molecular flexibility index (Phi) is 3.81. The molecule has 1 saturated carbocycles. The van der Waals surface area contributed by atoms with E-state index in [-0.39, 0.29) is 18.4 Å². The van der Waals surface area contributed by atoms with Crippen LogP contribution in [-0.2, 0) is 9.59 Å². The Balaban J connectivity index is 1.72. The quantitative estimate of drug-likeness (QED) is 0.822. The van der Waals surface area contributed by atoms with Crippen LogP contribution >= 0.6 is 0 Å². The van der Waals surface area contributed by atoms with Gasteiger partial charge in [0.25, 0.3) is 5.91 Å². The summed E-state index contributed by atoms with van der Waals surface area (Å²) in [4.78, 5) is 42.3. The number of rotatable bonds is 4. The number of nitrogens with zero attached hydrogens (tertiary/aromatic N) is 2. The van der Waals surface area contributed by atoms with Gasteiger partial charge in [-0.05, 0) is 58.1 Å². The summed E-state index contributed by atoms with van der Waals surface area (Å²) in [5.74, 6) is -0.552. The average molecular weight is 330 g/mol. The van der Waals surface area contributed by atoms with Crippen LogP contribution < -0.4 is 10.6 Å². The molecule has 1 aliphatic carbocycles. The van der Waals surface area contributed by atoms with Crippen molar-refractivity contribution in [2.45, 2.75) is 46.1 Å². The summed E-state index contributed by atoms with van der Waals surface area (Å²) < 4.78 is 0. The van der Waals surface area contributed by atoms with Gasteiger partial charge in [0.15, 0.2) is 0 Å². The van der Waals surface area contributed by atoms with Crippen molar-refractivity contribution in [1.82, 2.24) is 15.2 Å². The Morgan fingerprint density at radius 2 is 2.04 bits per heavy atom. The van der Waals surface area contributed by atoms with E-state index in [0.29, 0.717) is 11.4 Å². The first-order valence-electron chi connectivity index (χ1n) is 8.11. The van der Waals surface area contributed by atoms with Crippen molar-refractivity contribution in [2.75, 3.05) is 11.9 Å². The van der Waals surface area contributed by atoms with Crippen molar-refractivity contribution >= 4 is 23.5 Å². The topological polar surface area (TPSA) is 91.4 Å². The molecule has 4 amide bonds. The fraction of sp³-hybridized carbons (Fsp3) is 0.529. The molecule has 2 heterocycles. The van der Waals surface area contributed by atoms with Crippen molar-refractivity contribution in [3.63, 3.8) is 0 Å². The van der Waals surface area contributed by atoms with E-state index in [4.69, 9.17) is 0 Å². The molecule has 1 unspecified atom stereocenters. The maximum absolute atomic E-state index is 12.5. The van der Waals surface area contributed by atoms with E-state index in [1.807, 2.05) is 26.8 Å². The van der Waals surface area contributed by atoms with Crippen LogP contribution in [0.15, 0.2) is 6.07 Å². The van der Waals surface area contributed by atoms with Gasteiger partial charge in [-0.2, -0.15) is 0 Å². The molecule has 1 aliphatic heterocycles. The minimum absolute atomic E-state index is 0.174. The molecule has 7 heteroatoms. The summed E-state index contributed by atoms with van der Waals surface area (Å²) in [5, 5.41) is 5.51. The van der Waals surface area contributed by atoms with E-state index in [1.165, 1.54) is 0 Å². The van der Waals surface area contributed by atoms with Gasteiger partial charge in [0, 0.05) is 5.69 Å². The van der Waals surface area contributed by atoms with E-state index in [2.05, 4.69) is 15.6 Å². The molecule has 2 aliphatic rings. The zero-order valence-electron chi connectivity index (χ0n) is 14.4. The summed E-state index contributed by atoms with van der Waals surface area (Å²) >= 11 is 0. The lowest BCUT2D eigenvalue weighted by atomic mass is 9.96. The summed E-state index contributed by atoms with van der Waals surface area (Å²) in [6, 6.07) is 1.38. The third-order valence-corrected chi connectivity index (χ3v) is 4.79. The minimum Gasteiger partial charge on any atom is -0.323 e. The maximum atomic E-state index is 12.5. The smallest absolute Gasteiger partial charge is 0.323 e. The molecule has 24 heavy (non-hydrogen) atoms. The minimum atomic E-state index is -0.866. The van der Waals surface area contributed by atoms with E-state index >= 15 is 0 Å². The Bertz CT molecular complexity index is 718. The predicted octanol–water partition coefficient (Wildman–Crippen LogP) is 1.67. The van der Waals surface area contributed by atoms with Crippen LogP contribution in [-0.4, -0.2) is 39.8 Å². The largest absolute Gasteiger partial charge is 0.325 e. The molecule has 1 aromatic rings. The molecule has 1 aromatic heterocycles. The number of carbonyl (C=O) groups is 3. The van der Waals surface area contributed by atoms with Crippen LogP contribution in [0.4, 0.5) is 10.5 Å². The van der Waals surface area contributed by atoms with E-state index in [0.717, 1.165) is 29.0 Å². The molecular weight excluding hydrogens is 308 g/mol. The SMILES string of the molecule is Cc1cc(C)c(NC(=O)CN2C(=O)NC(C)(C3CC3)C2=O)c(C)n1. The standard InChI is InChI=1S/C17H22N4O3/c1-9-7-10(2)18-11(3)14(9)19-13(22)8-21-15(23)17(4,12-5-6-12)20-16(21)24/h7,12H,5-6,8H2,1-4H3,(H,19,22)(H,20,24). The van der Waals surface area contributed by atoms with Crippen molar-refractivity contribution in [2.24, 2.45) is 5.92 Å². The number of carbonyl (C=O) groups excluding carboxylic acids is 3. The molecule has 1 atom stereocenters. The van der Waals surface area contributed by atoms with Crippen molar-refractivity contribution < 1.29 is 14.4 Å². The third-order valence-electron chi connectivity index (χ3n) is 4.79. The number of pyridine rings is 1. The number of imide groups is 1. The maximum Gasteiger partial charge on any atom is 0.325 e. The van der Waals surface area contributed by atoms with Gasteiger partial charge in [-0.3, -0.25) is 19.5 Å². The molecule has 3 rings (SSSR count). The summed E-state index contributed by atoms with van der Waals surface area (Å²) in [6.45, 7) is 7.03. The normalized spacial score (nSPS) is 23.4. The first-order valence-corrected chi connectivity index (χ1v) is 8.11. The van der Waals surface area contributed by atoms with Crippen molar-refractivity contribution in [1.29, 1.82) is 0 Å². The molecule has 128 valence electrons. The highest BCUT2D eigenvalue weighted by molar-refractivity contribution is 6.10. The molecule has 2 N–H and O–H groups in total. The van der Waals surface area contributed by atoms with E-state index in [9.17, 15) is 14.4 Å². The third kappa shape index (κ3) is 2.74. The van der Waals surface area contributed by atoms with E-state index < -0.39 is 17.5 Å². The van der Waals surface area contributed by atoms with Crippen LogP contribution in [0.2, 0.25) is 0 Å². The molecular formula is C17H22N4O3. The number of aryl methyl sites for hydroxylation is 3. The van der Waals surface area contributed by atoms with Crippen LogP contribution in [0, 0.1) is 26.7 Å². The van der Waals surface area contributed by atoms with Crippen LogP contribution in [0.3, 0.4) is 0 Å². The van der Waals surface area contributed by atoms with Gasteiger partial charge in [-0.1, -0.05) is 0 Å². The highest BCUT2D eigenvalue weighted by Crippen LogP contribution is 2.42. The second kappa shape index (κ2) is 5.58. The van der Waals surface area contributed by atoms with Crippen LogP contribution in [0.25, 0.3) is 0 Å². The number of hydrogen-bond acceptors (Lipinski definition) is 4. The summed E-state index contributed by atoms with van der Waals surface area (Å²) in [6.07, 6.45) is 1.85. The average Bonchev–Trinajstić information content (AvgIpc) is 3.29. The van der Waals surface area contributed by atoms with Crippen LogP contribution in [0.5, 0.6) is 0 Å². The Morgan fingerprint density at radius 1 is 1.38 bits per heavy atom. The fourth-order valence-corrected chi connectivity index (χ4v) is 3.33. The van der Waals surface area contributed by atoms with Gasteiger partial charge in [0.05, 0.1) is 11.4 Å². The Hall–Kier alpha value is -2.44. The molecule has 0 bridgehead atoms. The van der Waals surface area contributed by atoms with Gasteiger partial charge < -0.3 is 10.6 Å². The summed E-state index contributed by atoms with van der Waals surface area (Å²) in [5.41, 5.74) is 2.24. The van der Waals surface area contributed by atoms with Gasteiger partial charge in [-0.15, -0.1) is 0 Å². The number of nitrogens with one attached hydrogen (secondary N) is 2. The number of anilines is 1. The zero-order chi connectivity index (χ0) is 17.6. The number of aromatic nitrogens is 1. The Morgan fingerprint density at radius 3 is 2.62 bits per heavy atom. The number of amides is 4. The molecule has 0 radical (unpaired) electrons. The molecule has 1 saturated heterocycles. The highest BCUT2D eigenvalue weighted by Gasteiger charge is 2.56. The lowest BCUT2D eigenvalue weighted by Crippen LogP contribution is -2.46. The Labute approximate surface area is 140 Å². The molecule has 7 nitrogen and oxygen atoms in total. The van der Waals surface area contributed by atoms with Gasteiger partial charge in [0.2, 0.25) is 5.91 Å². The van der Waals surface area contributed by atoms with Crippen LogP contribution in [0.1, 0.15) is 36.7 Å². The number of urea groups is 1. The predicted molar refractivity (Wildman–Crippen MR) is 88.5 cm³/mol. The number of hydrogen-bond donors (Lipinski definition) is 2. The lowest BCUT2D eigenvalue weighted by molar-refractivity contribution is -0.134. The molecule has 0 aromatic carbocycles. The van der Waals surface area contributed by atoms with Crippen molar-refractivity contribution in [3.05, 3.63) is 23.0 Å². The van der Waals surface area contributed by atoms with Gasteiger partial charge in [0.1, 0.15) is 12.1 Å². The van der Waals surface area contributed by atoms with Crippen molar-refractivity contribution in [3.8, 4) is 0 Å². The van der Waals surface area contributed by atoms with Gasteiger partial charge >= 0.3 is 6.03 Å². The van der Waals surface area contributed by atoms with Gasteiger partial charge in [-0.25, -0.2) is 4.79 Å². The lowest BCUT2D eigenvalue weighted by Gasteiger charge is -2.21. The first-order chi connectivity index (χ1) is 11.2. The summed E-state index contributed by atoms with van der Waals surface area (Å²) in [7, 11) is 0. The highest BCUT2D eigenvalue weighted by atomic mass is 16.2. The monoisotopic (exact) mass is 330 g/mol. The van der Waals surface area contributed by atoms with E-state index in [1.54, 1.807) is 6.92 Å². The second-order valence-electron chi connectivity index (χ2n) is 6.89. The molecule has 2 fully saturated rings. The first kappa shape index (κ1) is 16.4. The zero-order valence-corrected chi connectivity index (χ0v) is 14.4.